The van der Waals surface area contributed by atoms with E-state index in [1.54, 1.807) is 0 Å². The van der Waals surface area contributed by atoms with Crippen molar-refractivity contribution in [3.8, 4) is 0 Å². The van der Waals surface area contributed by atoms with Crippen molar-refractivity contribution in [2.75, 3.05) is 0 Å². The van der Waals surface area contributed by atoms with Gasteiger partial charge in [0.15, 0.2) is 0 Å². The second kappa shape index (κ2) is 3.26. The van der Waals surface area contributed by atoms with E-state index in [0.29, 0.717) is 23.0 Å². The van der Waals surface area contributed by atoms with Gasteiger partial charge in [0.2, 0.25) is 0 Å². The summed E-state index contributed by atoms with van der Waals surface area (Å²) in [7, 11) is -5.74. The molecular formula is C2H3F2IO6S. The minimum atomic E-state index is -5.74. The van der Waals surface area contributed by atoms with Gasteiger partial charge in [-0.15, -0.1) is 0 Å². The maximum atomic E-state index is 12.2. The van der Waals surface area contributed by atoms with Crippen LogP contribution < -0.4 is 0 Å². The quantitative estimate of drug-likeness (QED) is 0.367. The highest BCUT2D eigenvalue weighted by atomic mass is 127. The van der Waals surface area contributed by atoms with E-state index in [-0.39, 0.29) is 0 Å². The highest BCUT2D eigenvalue weighted by Crippen LogP contribution is 2.33. The highest BCUT2D eigenvalue weighted by molar-refractivity contribution is 14.1. The summed E-state index contributed by atoms with van der Waals surface area (Å²) in [4.78, 5) is 0. The Kier molecular flexibility index (Phi) is 3.37. The number of alkyl halides is 2. The Morgan fingerprint density at radius 2 is 1.67 bits per heavy atom. The first-order valence-electron chi connectivity index (χ1n) is 2.15. The van der Waals surface area contributed by atoms with Crippen LogP contribution in [0.4, 0.5) is 8.78 Å². The van der Waals surface area contributed by atoms with Crippen molar-refractivity contribution in [2.24, 2.45) is 0 Å². The molecule has 0 spiro atoms. The molecule has 0 aliphatic heterocycles. The zero-order chi connectivity index (χ0) is 10.2. The molecule has 10 heteroatoms. The molecule has 0 radical (unpaired) electrons. The Hall–Kier alpha value is 0.380. The fourth-order valence-electron chi connectivity index (χ4n) is 0.200. The first-order chi connectivity index (χ1) is 5.06. The third kappa shape index (κ3) is 2.00. The van der Waals surface area contributed by atoms with E-state index in [4.69, 9.17) is 14.8 Å². The average Bonchev–Trinajstić information content (AvgIpc) is 1.85. The van der Waals surface area contributed by atoms with Crippen LogP contribution in [-0.4, -0.2) is 34.4 Å². The average molecular weight is 320 g/mol. The molecule has 0 rings (SSSR count). The minimum Gasteiger partial charge on any atom is -0.345 e. The second-order valence-electron chi connectivity index (χ2n) is 1.68. The normalized spacial score (nSPS) is 14.8. The van der Waals surface area contributed by atoms with Gasteiger partial charge in [-0.1, -0.05) is 0 Å². The summed E-state index contributed by atoms with van der Waals surface area (Å²) < 4.78 is 55.3. The van der Waals surface area contributed by atoms with Crippen LogP contribution in [0.3, 0.4) is 0 Å². The Balaban J connectivity index is 5.13. The monoisotopic (exact) mass is 320 g/mol. The molecule has 0 aromatic carbocycles. The van der Waals surface area contributed by atoms with Crippen LogP contribution in [0.25, 0.3) is 0 Å². The van der Waals surface area contributed by atoms with Crippen molar-refractivity contribution in [1.82, 2.24) is 0 Å². The van der Waals surface area contributed by atoms with Crippen molar-refractivity contribution in [3.63, 3.8) is 0 Å². The SMILES string of the molecule is O=S(=O)(O)C(O)(O)C(F)(F)OI. The molecule has 0 atom stereocenters. The molecule has 74 valence electrons. The highest BCUT2D eigenvalue weighted by Gasteiger charge is 2.63. The molecule has 0 unspecified atom stereocenters. The van der Waals surface area contributed by atoms with Gasteiger partial charge in [-0.05, 0) is 0 Å². The van der Waals surface area contributed by atoms with E-state index in [1.165, 1.54) is 0 Å². The van der Waals surface area contributed by atoms with Crippen molar-refractivity contribution in [1.29, 1.82) is 0 Å². The zero-order valence-corrected chi connectivity index (χ0v) is 8.08. The lowest BCUT2D eigenvalue weighted by Crippen LogP contribution is -2.54. The van der Waals surface area contributed by atoms with Crippen LogP contribution in [-0.2, 0) is 13.2 Å². The molecule has 6 nitrogen and oxygen atoms in total. The summed E-state index contributed by atoms with van der Waals surface area (Å²) >= 11 is 0.550. The second-order valence-corrected chi connectivity index (χ2v) is 3.64. The summed E-state index contributed by atoms with van der Waals surface area (Å²) in [5.41, 5.74) is 0. The Morgan fingerprint density at radius 1 is 1.33 bits per heavy atom. The fourth-order valence-corrected chi connectivity index (χ4v) is 0.999. The van der Waals surface area contributed by atoms with Crippen LogP contribution >= 0.6 is 23.0 Å². The molecule has 0 aliphatic carbocycles. The number of rotatable bonds is 3. The first-order valence-corrected chi connectivity index (χ1v) is 4.47. The zero-order valence-electron chi connectivity index (χ0n) is 5.11. The summed E-state index contributed by atoms with van der Waals surface area (Å²) in [5, 5.41) is 11.8. The maximum Gasteiger partial charge on any atom is 0.436 e. The van der Waals surface area contributed by atoms with Crippen LogP contribution in [0.5, 0.6) is 0 Å². The van der Waals surface area contributed by atoms with Gasteiger partial charge in [0, 0.05) is 0 Å². The van der Waals surface area contributed by atoms with E-state index in [2.05, 4.69) is 3.07 Å². The van der Waals surface area contributed by atoms with Gasteiger partial charge < -0.3 is 10.2 Å². The topological polar surface area (TPSA) is 104 Å². The molecule has 0 heterocycles. The van der Waals surface area contributed by atoms with Crippen LogP contribution in [0.1, 0.15) is 0 Å². The van der Waals surface area contributed by atoms with Crippen molar-refractivity contribution in [3.05, 3.63) is 0 Å². The van der Waals surface area contributed by atoms with Crippen LogP contribution in [0.2, 0.25) is 0 Å². The Morgan fingerprint density at radius 3 is 1.75 bits per heavy atom. The molecule has 0 aromatic heterocycles. The summed E-state index contributed by atoms with van der Waals surface area (Å²) in [6.45, 7) is 0. The fraction of sp³-hybridized carbons (Fsp3) is 1.00. The molecule has 0 aromatic rings. The lowest BCUT2D eigenvalue weighted by atomic mass is 10.6. The van der Waals surface area contributed by atoms with Gasteiger partial charge in [-0.2, -0.15) is 17.2 Å². The van der Waals surface area contributed by atoms with E-state index >= 15 is 0 Å². The van der Waals surface area contributed by atoms with Gasteiger partial charge in [-0.25, -0.2) is 3.07 Å². The van der Waals surface area contributed by atoms with Gasteiger partial charge >= 0.3 is 21.3 Å². The largest absolute Gasteiger partial charge is 0.436 e. The number of halogens is 3. The maximum absolute atomic E-state index is 12.2. The van der Waals surface area contributed by atoms with E-state index in [0.717, 1.165) is 0 Å². The molecule has 0 saturated carbocycles. The molecule has 12 heavy (non-hydrogen) atoms. The third-order valence-electron chi connectivity index (χ3n) is 0.836. The molecule has 0 bridgehead atoms. The van der Waals surface area contributed by atoms with Gasteiger partial charge in [0.05, 0.1) is 0 Å². The third-order valence-corrected chi connectivity index (χ3v) is 2.35. The Labute approximate surface area is 79.6 Å². The number of hydrogen-bond donors (Lipinski definition) is 3. The number of hydrogen-bond acceptors (Lipinski definition) is 5. The molecule has 0 fully saturated rings. The minimum absolute atomic E-state index is 0.550. The smallest absolute Gasteiger partial charge is 0.345 e. The first kappa shape index (κ1) is 12.4. The van der Waals surface area contributed by atoms with Gasteiger partial charge in [0.1, 0.15) is 23.0 Å². The van der Waals surface area contributed by atoms with Crippen molar-refractivity contribution < 1.29 is 35.0 Å². The van der Waals surface area contributed by atoms with Crippen LogP contribution in [0, 0.1) is 0 Å². The molecule has 0 aliphatic rings. The van der Waals surface area contributed by atoms with Crippen LogP contribution in [0.15, 0.2) is 0 Å². The summed E-state index contributed by atoms with van der Waals surface area (Å²) in [6.07, 6.45) is -4.82. The van der Waals surface area contributed by atoms with Gasteiger partial charge in [-0.3, -0.25) is 4.55 Å². The van der Waals surface area contributed by atoms with E-state index < -0.39 is 21.3 Å². The molecule has 3 N–H and O–H groups in total. The predicted octanol–water partition coefficient (Wildman–Crippen LogP) is -0.528. The summed E-state index contributed by atoms with van der Waals surface area (Å²) in [6, 6.07) is 0. The molecular weight excluding hydrogens is 317 g/mol. The standard InChI is InChI=1S/C2H3F2IO6S/c3-1(4,11-5)2(6,7)12(8,9)10/h6-7H,(H,8,9,10). The number of aliphatic hydroxyl groups is 2. The molecule has 0 amide bonds. The van der Waals surface area contributed by atoms with E-state index in [1.807, 2.05) is 0 Å². The van der Waals surface area contributed by atoms with Gasteiger partial charge in [0.25, 0.3) is 0 Å². The lowest BCUT2D eigenvalue weighted by molar-refractivity contribution is -0.315. The van der Waals surface area contributed by atoms with Crippen molar-refractivity contribution in [2.45, 2.75) is 11.2 Å². The van der Waals surface area contributed by atoms with E-state index in [9.17, 15) is 17.2 Å². The Bertz CT molecular complexity index is 259. The van der Waals surface area contributed by atoms with Crippen molar-refractivity contribution >= 4 is 33.1 Å². The molecule has 0 saturated heterocycles. The lowest BCUT2D eigenvalue weighted by Gasteiger charge is -2.24. The summed E-state index contributed by atoms with van der Waals surface area (Å²) in [5.74, 6) is 0. The predicted molar refractivity (Wildman–Crippen MR) is 38.8 cm³/mol.